The van der Waals surface area contributed by atoms with Gasteiger partial charge in [0.05, 0.1) is 9.40 Å². The Kier molecular flexibility index (Phi) is 1.90. The highest BCUT2D eigenvalue weighted by Gasteiger charge is 2.12. The molecule has 0 saturated carbocycles. The molecule has 0 aliphatic carbocycles. The van der Waals surface area contributed by atoms with E-state index in [1.54, 1.807) is 22.7 Å². The number of carbonyl (C=O) groups is 1. The SMILES string of the molecule is Cc1c(C=O)c2ccsc2c2sccc12. The Morgan fingerprint density at radius 2 is 1.67 bits per heavy atom. The van der Waals surface area contributed by atoms with Crippen LogP contribution in [0, 0.1) is 6.92 Å². The molecule has 0 spiro atoms. The Hall–Kier alpha value is -1.19. The number of thiophene rings is 2. The monoisotopic (exact) mass is 232 g/mol. The maximum absolute atomic E-state index is 11.1. The third-order valence-corrected chi connectivity index (χ3v) is 4.75. The zero-order valence-electron chi connectivity index (χ0n) is 8.11. The molecule has 0 saturated heterocycles. The maximum atomic E-state index is 11.1. The summed E-state index contributed by atoms with van der Waals surface area (Å²) in [6.45, 7) is 2.02. The molecule has 74 valence electrons. The topological polar surface area (TPSA) is 17.1 Å². The van der Waals surface area contributed by atoms with Crippen LogP contribution in [-0.4, -0.2) is 6.29 Å². The molecule has 3 heteroatoms. The highest BCUT2D eigenvalue weighted by molar-refractivity contribution is 7.25. The second kappa shape index (κ2) is 3.15. The van der Waals surface area contributed by atoms with Gasteiger partial charge in [0.15, 0.2) is 6.29 Å². The van der Waals surface area contributed by atoms with Gasteiger partial charge in [0.25, 0.3) is 0 Å². The summed E-state index contributed by atoms with van der Waals surface area (Å²) in [6, 6.07) is 4.14. The summed E-state index contributed by atoms with van der Waals surface area (Å²) < 4.78 is 2.55. The zero-order valence-corrected chi connectivity index (χ0v) is 9.74. The summed E-state index contributed by atoms with van der Waals surface area (Å²) in [4.78, 5) is 11.1. The van der Waals surface area contributed by atoms with E-state index in [9.17, 15) is 4.79 Å². The van der Waals surface area contributed by atoms with Gasteiger partial charge >= 0.3 is 0 Å². The number of aryl methyl sites for hydroxylation is 1. The molecule has 3 aromatic rings. The number of rotatable bonds is 1. The smallest absolute Gasteiger partial charge is 0.150 e. The van der Waals surface area contributed by atoms with Gasteiger partial charge in [-0.3, -0.25) is 4.79 Å². The van der Waals surface area contributed by atoms with Gasteiger partial charge in [0.2, 0.25) is 0 Å². The van der Waals surface area contributed by atoms with Crippen LogP contribution in [0.4, 0.5) is 0 Å². The first kappa shape index (κ1) is 9.07. The molecular weight excluding hydrogens is 224 g/mol. The summed E-state index contributed by atoms with van der Waals surface area (Å²) in [5.74, 6) is 0. The molecule has 0 aliphatic rings. The number of benzene rings is 1. The average molecular weight is 232 g/mol. The number of carbonyl (C=O) groups excluding carboxylic acids is 1. The Labute approximate surface area is 95.0 Å². The van der Waals surface area contributed by atoms with Crippen LogP contribution in [-0.2, 0) is 0 Å². The molecule has 2 aromatic heterocycles. The van der Waals surface area contributed by atoms with Crippen LogP contribution in [0.25, 0.3) is 20.2 Å². The Balaban J connectivity index is 2.70. The number of aldehydes is 1. The summed E-state index contributed by atoms with van der Waals surface area (Å²) in [7, 11) is 0. The minimum Gasteiger partial charge on any atom is -0.298 e. The van der Waals surface area contributed by atoms with Gasteiger partial charge in [-0.1, -0.05) is 0 Å². The van der Waals surface area contributed by atoms with Crippen LogP contribution in [0.2, 0.25) is 0 Å². The average Bonchev–Trinajstić information content (AvgIpc) is 2.84. The third-order valence-electron chi connectivity index (χ3n) is 2.75. The third kappa shape index (κ3) is 1.10. The minimum absolute atomic E-state index is 0.845. The van der Waals surface area contributed by atoms with Crippen molar-refractivity contribution in [3.8, 4) is 0 Å². The van der Waals surface area contributed by atoms with Crippen molar-refractivity contribution in [2.24, 2.45) is 0 Å². The number of hydrogen-bond donors (Lipinski definition) is 0. The van der Waals surface area contributed by atoms with Crippen LogP contribution < -0.4 is 0 Å². The molecule has 3 rings (SSSR count). The molecule has 2 heterocycles. The molecule has 15 heavy (non-hydrogen) atoms. The van der Waals surface area contributed by atoms with E-state index in [0.717, 1.165) is 22.8 Å². The van der Waals surface area contributed by atoms with E-state index < -0.39 is 0 Å². The van der Waals surface area contributed by atoms with E-state index in [4.69, 9.17) is 0 Å². The van der Waals surface area contributed by atoms with E-state index in [1.807, 2.05) is 13.0 Å². The van der Waals surface area contributed by atoms with Crippen molar-refractivity contribution >= 4 is 49.1 Å². The fourth-order valence-corrected chi connectivity index (χ4v) is 4.03. The molecule has 0 atom stereocenters. The fourth-order valence-electron chi connectivity index (χ4n) is 1.98. The highest BCUT2D eigenvalue weighted by atomic mass is 32.1. The first-order chi connectivity index (χ1) is 7.33. The summed E-state index contributed by atoms with van der Waals surface area (Å²) >= 11 is 3.46. The molecule has 1 aromatic carbocycles. The lowest BCUT2D eigenvalue weighted by atomic mass is 10.0. The molecule has 0 amide bonds. The summed E-state index contributed by atoms with van der Waals surface area (Å²) in [5.41, 5.74) is 1.95. The first-order valence-electron chi connectivity index (χ1n) is 4.65. The quantitative estimate of drug-likeness (QED) is 0.574. The zero-order chi connectivity index (χ0) is 10.4. The second-order valence-electron chi connectivity index (χ2n) is 3.48. The van der Waals surface area contributed by atoms with Gasteiger partial charge in [-0.25, -0.2) is 0 Å². The van der Waals surface area contributed by atoms with Crippen molar-refractivity contribution in [2.45, 2.75) is 6.92 Å². The van der Waals surface area contributed by atoms with E-state index in [2.05, 4.69) is 16.8 Å². The number of fused-ring (bicyclic) bond motifs is 3. The Morgan fingerprint density at radius 1 is 1.07 bits per heavy atom. The van der Waals surface area contributed by atoms with Gasteiger partial charge in [0, 0.05) is 10.9 Å². The largest absolute Gasteiger partial charge is 0.298 e. The minimum atomic E-state index is 0.845. The number of hydrogen-bond acceptors (Lipinski definition) is 3. The van der Waals surface area contributed by atoms with E-state index in [0.29, 0.717) is 0 Å². The molecule has 0 fully saturated rings. The van der Waals surface area contributed by atoms with Gasteiger partial charge in [0.1, 0.15) is 0 Å². The van der Waals surface area contributed by atoms with Crippen LogP contribution in [0.15, 0.2) is 22.9 Å². The van der Waals surface area contributed by atoms with Crippen molar-refractivity contribution in [1.29, 1.82) is 0 Å². The van der Waals surface area contributed by atoms with Crippen molar-refractivity contribution in [1.82, 2.24) is 0 Å². The normalized spacial score (nSPS) is 11.3. The summed E-state index contributed by atoms with van der Waals surface area (Å²) in [6.07, 6.45) is 0.974. The summed E-state index contributed by atoms with van der Waals surface area (Å²) in [5, 5.41) is 6.46. The molecule has 0 unspecified atom stereocenters. The molecule has 0 N–H and O–H groups in total. The Bertz CT molecular complexity index is 661. The fraction of sp³-hybridized carbons (Fsp3) is 0.0833. The van der Waals surface area contributed by atoms with Gasteiger partial charge in [-0.2, -0.15) is 0 Å². The van der Waals surface area contributed by atoms with Crippen LogP contribution >= 0.6 is 22.7 Å². The van der Waals surface area contributed by atoms with Gasteiger partial charge in [-0.05, 0) is 40.8 Å². The van der Waals surface area contributed by atoms with Crippen LogP contribution in [0.1, 0.15) is 15.9 Å². The predicted molar refractivity (Wildman–Crippen MR) is 67.3 cm³/mol. The highest BCUT2D eigenvalue weighted by Crippen LogP contribution is 2.37. The van der Waals surface area contributed by atoms with E-state index in [1.165, 1.54) is 14.8 Å². The van der Waals surface area contributed by atoms with E-state index >= 15 is 0 Å². The molecule has 1 nitrogen and oxygen atoms in total. The lowest BCUT2D eigenvalue weighted by molar-refractivity contribution is 0.112. The van der Waals surface area contributed by atoms with Gasteiger partial charge in [-0.15, -0.1) is 22.7 Å². The molecule has 0 aliphatic heterocycles. The van der Waals surface area contributed by atoms with Crippen molar-refractivity contribution in [3.63, 3.8) is 0 Å². The van der Waals surface area contributed by atoms with Crippen LogP contribution in [0.3, 0.4) is 0 Å². The Morgan fingerprint density at radius 3 is 2.33 bits per heavy atom. The lowest BCUT2D eigenvalue weighted by Crippen LogP contribution is -1.87. The maximum Gasteiger partial charge on any atom is 0.150 e. The standard InChI is InChI=1S/C12H8OS2/c1-7-8-2-4-14-11(8)12-9(3-5-15-12)10(7)6-13/h2-6H,1H3. The van der Waals surface area contributed by atoms with Crippen LogP contribution in [0.5, 0.6) is 0 Å². The molecule has 0 radical (unpaired) electrons. The van der Waals surface area contributed by atoms with E-state index in [-0.39, 0.29) is 0 Å². The molecule has 0 bridgehead atoms. The van der Waals surface area contributed by atoms with Crippen molar-refractivity contribution < 1.29 is 4.79 Å². The molecular formula is C12H8OS2. The van der Waals surface area contributed by atoms with Crippen molar-refractivity contribution in [3.05, 3.63) is 34.0 Å². The van der Waals surface area contributed by atoms with Crippen molar-refractivity contribution in [2.75, 3.05) is 0 Å². The predicted octanol–water partition coefficient (Wildman–Crippen LogP) is 4.24. The van der Waals surface area contributed by atoms with Gasteiger partial charge < -0.3 is 0 Å². The first-order valence-corrected chi connectivity index (χ1v) is 6.41. The lowest BCUT2D eigenvalue weighted by Gasteiger charge is -2.03. The second-order valence-corrected chi connectivity index (χ2v) is 5.32.